The van der Waals surface area contributed by atoms with E-state index < -0.39 is 0 Å². The average molecular weight is 132 g/mol. The molecule has 0 heterocycles. The van der Waals surface area contributed by atoms with Crippen LogP contribution in [-0.4, -0.2) is 44.1 Å². The summed E-state index contributed by atoms with van der Waals surface area (Å²) in [6.07, 6.45) is 0. The van der Waals surface area contributed by atoms with Crippen LogP contribution in [0.15, 0.2) is 0 Å². The number of hydrogen-bond acceptors (Lipinski definition) is 4. The van der Waals surface area contributed by atoms with Crippen LogP contribution in [0.5, 0.6) is 0 Å². The summed E-state index contributed by atoms with van der Waals surface area (Å²) in [4.78, 5) is 0. The van der Waals surface area contributed by atoms with E-state index in [0.29, 0.717) is 27.4 Å². The molecule has 0 atom stereocenters. The molecule has 5 heteroatoms. The first kappa shape index (κ1) is 8.90. The van der Waals surface area contributed by atoms with Crippen molar-refractivity contribution in [2.75, 3.05) is 26.3 Å². The molecule has 0 aromatic heterocycles. The molecular weight excluding hydrogens is 121 g/mol. The highest BCUT2D eigenvalue weighted by atomic mass is 16.5. The van der Waals surface area contributed by atoms with Gasteiger partial charge in [-0.05, 0) is 0 Å². The standard InChI is InChI=1S/C4H11BNO3/c7-3-1-6-2-4-9-5-8/h6-8H,1-4H2. The third kappa shape index (κ3) is 7.90. The van der Waals surface area contributed by atoms with E-state index in [1.165, 1.54) is 0 Å². The molecule has 9 heavy (non-hydrogen) atoms. The first-order valence-corrected chi connectivity index (χ1v) is 2.81. The Morgan fingerprint density at radius 3 is 2.78 bits per heavy atom. The number of aliphatic hydroxyl groups is 1. The van der Waals surface area contributed by atoms with Crippen LogP contribution in [0.3, 0.4) is 0 Å². The minimum Gasteiger partial charge on any atom is -0.429 e. The second kappa shape index (κ2) is 7.90. The van der Waals surface area contributed by atoms with Crippen molar-refractivity contribution >= 4 is 7.69 Å². The Bertz CT molecular complexity index is 49.1. The van der Waals surface area contributed by atoms with Crippen molar-refractivity contribution in [3.63, 3.8) is 0 Å². The summed E-state index contributed by atoms with van der Waals surface area (Å²) in [6, 6.07) is 0. The number of nitrogens with one attached hydrogen (secondary N) is 1. The first-order valence-electron chi connectivity index (χ1n) is 2.81. The Kier molecular flexibility index (Phi) is 7.82. The van der Waals surface area contributed by atoms with Crippen molar-refractivity contribution in [1.82, 2.24) is 5.32 Å². The predicted molar refractivity (Wildman–Crippen MR) is 33.9 cm³/mol. The second-order valence-electron chi connectivity index (χ2n) is 1.45. The van der Waals surface area contributed by atoms with Crippen LogP contribution in [0.25, 0.3) is 0 Å². The Labute approximate surface area is 55.1 Å². The van der Waals surface area contributed by atoms with E-state index in [4.69, 9.17) is 10.1 Å². The molecule has 0 bridgehead atoms. The molecule has 0 amide bonds. The highest BCUT2D eigenvalue weighted by Crippen LogP contribution is 1.64. The van der Waals surface area contributed by atoms with Crippen molar-refractivity contribution in [3.8, 4) is 0 Å². The molecule has 53 valence electrons. The van der Waals surface area contributed by atoms with Crippen molar-refractivity contribution in [3.05, 3.63) is 0 Å². The number of hydrogen-bond donors (Lipinski definition) is 3. The fraction of sp³-hybridized carbons (Fsp3) is 1.00. The maximum Gasteiger partial charge on any atom is 0.485 e. The Hall–Kier alpha value is -0.0951. The van der Waals surface area contributed by atoms with Crippen LogP contribution in [0.4, 0.5) is 0 Å². The fourth-order valence-electron chi connectivity index (χ4n) is 0.388. The van der Waals surface area contributed by atoms with Gasteiger partial charge in [-0.1, -0.05) is 0 Å². The van der Waals surface area contributed by atoms with E-state index >= 15 is 0 Å². The first-order chi connectivity index (χ1) is 4.41. The van der Waals surface area contributed by atoms with Gasteiger partial charge in [-0.2, -0.15) is 0 Å². The molecule has 0 aromatic rings. The lowest BCUT2D eigenvalue weighted by Gasteiger charge is -1.99. The highest BCUT2D eigenvalue weighted by Gasteiger charge is 1.86. The summed E-state index contributed by atoms with van der Waals surface area (Å²) in [5, 5.41) is 19.1. The van der Waals surface area contributed by atoms with Crippen LogP contribution < -0.4 is 5.32 Å². The SMILES string of the molecule is O[B]OCCNCCO. The van der Waals surface area contributed by atoms with Gasteiger partial charge < -0.3 is 20.1 Å². The van der Waals surface area contributed by atoms with E-state index in [1.54, 1.807) is 0 Å². The average Bonchev–Trinajstić information content (AvgIpc) is 1.89. The Morgan fingerprint density at radius 2 is 2.22 bits per heavy atom. The predicted octanol–water partition coefficient (Wildman–Crippen LogP) is -1.89. The summed E-state index contributed by atoms with van der Waals surface area (Å²) in [7, 11) is 0.653. The van der Waals surface area contributed by atoms with Crippen molar-refractivity contribution in [2.24, 2.45) is 0 Å². The maximum atomic E-state index is 8.26. The third-order valence-corrected chi connectivity index (χ3v) is 0.760. The minimum atomic E-state index is 0.128. The normalized spacial score (nSPS) is 9.56. The molecule has 0 aliphatic rings. The zero-order valence-corrected chi connectivity index (χ0v) is 5.21. The van der Waals surface area contributed by atoms with Crippen LogP contribution in [-0.2, 0) is 4.65 Å². The molecule has 0 saturated carbocycles. The monoisotopic (exact) mass is 132 g/mol. The fourth-order valence-corrected chi connectivity index (χ4v) is 0.388. The van der Waals surface area contributed by atoms with Gasteiger partial charge in [0.15, 0.2) is 0 Å². The molecule has 4 nitrogen and oxygen atoms in total. The van der Waals surface area contributed by atoms with E-state index in [9.17, 15) is 0 Å². The van der Waals surface area contributed by atoms with Crippen LogP contribution in [0, 0.1) is 0 Å². The molecule has 0 spiro atoms. The summed E-state index contributed by atoms with van der Waals surface area (Å²) in [5.74, 6) is 0. The van der Waals surface area contributed by atoms with Crippen molar-refractivity contribution < 1.29 is 14.8 Å². The molecule has 0 unspecified atom stereocenters. The third-order valence-electron chi connectivity index (χ3n) is 0.760. The van der Waals surface area contributed by atoms with Gasteiger partial charge in [0.2, 0.25) is 0 Å². The van der Waals surface area contributed by atoms with Gasteiger partial charge in [-0.3, -0.25) is 0 Å². The van der Waals surface area contributed by atoms with Crippen LogP contribution >= 0.6 is 0 Å². The van der Waals surface area contributed by atoms with Gasteiger partial charge in [0.05, 0.1) is 6.61 Å². The van der Waals surface area contributed by atoms with Gasteiger partial charge in [-0.25, -0.2) is 0 Å². The number of rotatable bonds is 6. The molecule has 0 aliphatic heterocycles. The van der Waals surface area contributed by atoms with Crippen molar-refractivity contribution in [1.29, 1.82) is 0 Å². The molecule has 0 aromatic carbocycles. The van der Waals surface area contributed by atoms with E-state index in [2.05, 4.69) is 9.97 Å². The Balaban J connectivity index is 2.60. The lowest BCUT2D eigenvalue weighted by molar-refractivity contribution is 0.264. The quantitative estimate of drug-likeness (QED) is 0.292. The lowest BCUT2D eigenvalue weighted by Crippen LogP contribution is -2.23. The zero-order valence-electron chi connectivity index (χ0n) is 5.21. The maximum absolute atomic E-state index is 8.26. The molecule has 0 fully saturated rings. The summed E-state index contributed by atoms with van der Waals surface area (Å²) < 4.78 is 4.47. The van der Waals surface area contributed by atoms with E-state index in [-0.39, 0.29) is 6.61 Å². The van der Waals surface area contributed by atoms with Gasteiger partial charge >= 0.3 is 7.69 Å². The molecular formula is C4H11BNO3. The Morgan fingerprint density at radius 1 is 1.44 bits per heavy atom. The van der Waals surface area contributed by atoms with Crippen LogP contribution in [0.1, 0.15) is 0 Å². The molecule has 0 saturated heterocycles. The molecule has 3 N–H and O–H groups in total. The number of aliphatic hydroxyl groups excluding tert-OH is 1. The summed E-state index contributed by atoms with van der Waals surface area (Å²) >= 11 is 0. The highest BCUT2D eigenvalue weighted by molar-refractivity contribution is 6.15. The topological polar surface area (TPSA) is 61.7 Å². The van der Waals surface area contributed by atoms with Gasteiger partial charge in [0, 0.05) is 19.7 Å². The summed E-state index contributed by atoms with van der Waals surface area (Å²) in [6.45, 7) is 1.76. The summed E-state index contributed by atoms with van der Waals surface area (Å²) in [5.41, 5.74) is 0. The largest absolute Gasteiger partial charge is 0.485 e. The van der Waals surface area contributed by atoms with Gasteiger partial charge in [0.1, 0.15) is 0 Å². The second-order valence-corrected chi connectivity index (χ2v) is 1.45. The molecule has 0 rings (SSSR count). The van der Waals surface area contributed by atoms with E-state index in [0.717, 1.165) is 0 Å². The lowest BCUT2D eigenvalue weighted by atomic mass is 10.4. The van der Waals surface area contributed by atoms with Gasteiger partial charge in [0.25, 0.3) is 0 Å². The van der Waals surface area contributed by atoms with Crippen molar-refractivity contribution in [2.45, 2.75) is 0 Å². The van der Waals surface area contributed by atoms with Gasteiger partial charge in [-0.15, -0.1) is 0 Å². The molecule has 0 aliphatic carbocycles. The van der Waals surface area contributed by atoms with E-state index in [1.807, 2.05) is 0 Å². The zero-order chi connectivity index (χ0) is 6.95. The molecule has 1 radical (unpaired) electrons. The van der Waals surface area contributed by atoms with Crippen LogP contribution in [0.2, 0.25) is 0 Å². The smallest absolute Gasteiger partial charge is 0.429 e. The minimum absolute atomic E-state index is 0.128.